The Kier molecular flexibility index (Phi) is 4.73. The van der Waals surface area contributed by atoms with E-state index in [-0.39, 0.29) is 16.8 Å². The molecule has 0 saturated carbocycles. The number of hydrogen-bond donors (Lipinski definition) is 1. The molecule has 1 atom stereocenters. The highest BCUT2D eigenvalue weighted by Gasteiger charge is 2.27. The predicted octanol–water partition coefficient (Wildman–Crippen LogP) is 2.56. The minimum Gasteiger partial charge on any atom is -0.467 e. The van der Waals surface area contributed by atoms with Crippen LogP contribution >= 0.6 is 0 Å². The number of nitrogens with zero attached hydrogens (tertiary/aromatic N) is 1. The van der Waals surface area contributed by atoms with Crippen LogP contribution < -0.4 is 5.32 Å². The van der Waals surface area contributed by atoms with Gasteiger partial charge in [0.2, 0.25) is 10.0 Å². The largest absolute Gasteiger partial charge is 0.467 e. The number of hydrogen-bond acceptors (Lipinski definition) is 4. The van der Waals surface area contributed by atoms with Crippen molar-refractivity contribution in [3.8, 4) is 0 Å². The number of benzene rings is 1. The number of amides is 1. The maximum atomic E-state index is 12.5. The topological polar surface area (TPSA) is 79.6 Å². The van der Waals surface area contributed by atoms with Crippen molar-refractivity contribution in [1.82, 2.24) is 9.62 Å². The maximum Gasteiger partial charge on any atom is 0.251 e. The summed E-state index contributed by atoms with van der Waals surface area (Å²) in [6.45, 7) is 2.94. The zero-order valence-corrected chi connectivity index (χ0v) is 14.3. The average molecular weight is 348 g/mol. The van der Waals surface area contributed by atoms with Crippen molar-refractivity contribution in [1.29, 1.82) is 0 Å². The summed E-state index contributed by atoms with van der Waals surface area (Å²) in [6, 6.07) is 9.33. The summed E-state index contributed by atoms with van der Waals surface area (Å²) < 4.78 is 31.7. The lowest BCUT2D eigenvalue weighted by atomic mass is 10.2. The summed E-state index contributed by atoms with van der Waals surface area (Å²) in [5.74, 6) is 0.389. The molecule has 2 heterocycles. The number of rotatable bonds is 5. The molecule has 0 radical (unpaired) electrons. The molecular weight excluding hydrogens is 328 g/mol. The first-order valence-corrected chi connectivity index (χ1v) is 9.37. The van der Waals surface area contributed by atoms with Crippen LogP contribution in [0.4, 0.5) is 0 Å². The van der Waals surface area contributed by atoms with Gasteiger partial charge in [0.15, 0.2) is 0 Å². The van der Waals surface area contributed by atoms with Crippen LogP contribution in [0.2, 0.25) is 0 Å². The summed E-state index contributed by atoms with van der Waals surface area (Å²) in [5.41, 5.74) is 0.411. The Morgan fingerprint density at radius 2 is 1.83 bits per heavy atom. The van der Waals surface area contributed by atoms with Crippen molar-refractivity contribution in [3.05, 3.63) is 54.0 Å². The lowest BCUT2D eigenvalue weighted by Crippen LogP contribution is -2.28. The first-order chi connectivity index (χ1) is 11.5. The molecule has 1 N–H and O–H groups in total. The fraction of sp³-hybridized carbons (Fsp3) is 0.353. The third-order valence-corrected chi connectivity index (χ3v) is 6.05. The summed E-state index contributed by atoms with van der Waals surface area (Å²) in [5, 5.41) is 2.82. The van der Waals surface area contributed by atoms with Gasteiger partial charge in [-0.15, -0.1) is 0 Å². The Balaban J connectivity index is 1.71. The van der Waals surface area contributed by atoms with Crippen LogP contribution in [0.15, 0.2) is 52.0 Å². The molecule has 1 aliphatic heterocycles. The summed E-state index contributed by atoms with van der Waals surface area (Å²) in [7, 11) is -3.45. The van der Waals surface area contributed by atoms with E-state index in [0.29, 0.717) is 24.4 Å². The third kappa shape index (κ3) is 3.37. The zero-order chi connectivity index (χ0) is 17.2. The monoisotopic (exact) mass is 348 g/mol. The van der Waals surface area contributed by atoms with Gasteiger partial charge >= 0.3 is 0 Å². The number of carbonyl (C=O) groups excluding carboxylic acids is 1. The molecule has 0 unspecified atom stereocenters. The molecule has 1 aliphatic rings. The smallest absolute Gasteiger partial charge is 0.251 e. The van der Waals surface area contributed by atoms with Gasteiger partial charge in [-0.3, -0.25) is 4.79 Å². The normalized spacial score (nSPS) is 16.9. The van der Waals surface area contributed by atoms with Crippen LogP contribution in [0, 0.1) is 0 Å². The van der Waals surface area contributed by atoms with E-state index >= 15 is 0 Å². The fourth-order valence-corrected chi connectivity index (χ4v) is 4.26. The van der Waals surface area contributed by atoms with E-state index in [1.165, 1.54) is 28.6 Å². The number of nitrogens with one attached hydrogen (secondary N) is 1. The zero-order valence-electron chi connectivity index (χ0n) is 13.4. The van der Waals surface area contributed by atoms with Crippen LogP contribution in [0.25, 0.3) is 0 Å². The van der Waals surface area contributed by atoms with E-state index in [0.717, 1.165) is 12.8 Å². The molecular formula is C17H20N2O4S. The Morgan fingerprint density at radius 3 is 2.42 bits per heavy atom. The van der Waals surface area contributed by atoms with Crippen LogP contribution in [-0.4, -0.2) is 31.7 Å². The molecule has 1 fully saturated rings. The molecule has 128 valence electrons. The Labute approximate surface area is 141 Å². The van der Waals surface area contributed by atoms with Gasteiger partial charge in [0, 0.05) is 18.7 Å². The van der Waals surface area contributed by atoms with Gasteiger partial charge < -0.3 is 9.73 Å². The molecule has 24 heavy (non-hydrogen) atoms. The van der Waals surface area contributed by atoms with Gasteiger partial charge in [-0.05, 0) is 56.2 Å². The van der Waals surface area contributed by atoms with Crippen LogP contribution in [0.3, 0.4) is 0 Å². The lowest BCUT2D eigenvalue weighted by Gasteiger charge is -2.16. The molecule has 3 rings (SSSR count). The van der Waals surface area contributed by atoms with Gasteiger partial charge in [0.25, 0.3) is 5.91 Å². The maximum absolute atomic E-state index is 12.5. The highest BCUT2D eigenvalue weighted by atomic mass is 32.2. The lowest BCUT2D eigenvalue weighted by molar-refractivity contribution is 0.0935. The molecule has 1 aromatic carbocycles. The van der Waals surface area contributed by atoms with Crippen molar-refractivity contribution in [3.63, 3.8) is 0 Å². The van der Waals surface area contributed by atoms with Gasteiger partial charge in [-0.2, -0.15) is 4.31 Å². The molecule has 1 amide bonds. The Bertz CT molecular complexity index is 792. The van der Waals surface area contributed by atoms with Crippen molar-refractivity contribution in [2.45, 2.75) is 30.7 Å². The molecule has 0 spiro atoms. The quantitative estimate of drug-likeness (QED) is 0.900. The molecule has 7 heteroatoms. The van der Waals surface area contributed by atoms with E-state index in [9.17, 15) is 13.2 Å². The highest BCUT2D eigenvalue weighted by Crippen LogP contribution is 2.21. The van der Waals surface area contributed by atoms with E-state index in [4.69, 9.17) is 4.42 Å². The second-order valence-electron chi connectivity index (χ2n) is 5.85. The Hall–Kier alpha value is -2.12. The predicted molar refractivity (Wildman–Crippen MR) is 89.0 cm³/mol. The standard InChI is InChI=1S/C17H20N2O4S/c1-13(16-5-4-12-23-16)18-17(20)14-6-8-15(9-7-14)24(21,22)19-10-2-3-11-19/h4-9,12-13H,2-3,10-11H2,1H3,(H,18,20)/t13-/m0/s1. The van der Waals surface area contributed by atoms with E-state index < -0.39 is 10.0 Å². The molecule has 1 saturated heterocycles. The van der Waals surface area contributed by atoms with Gasteiger partial charge in [0.05, 0.1) is 17.2 Å². The highest BCUT2D eigenvalue weighted by molar-refractivity contribution is 7.89. The van der Waals surface area contributed by atoms with Crippen LogP contribution in [0.1, 0.15) is 41.9 Å². The van der Waals surface area contributed by atoms with Crippen molar-refractivity contribution >= 4 is 15.9 Å². The molecule has 0 bridgehead atoms. The minimum atomic E-state index is -3.45. The number of sulfonamides is 1. The van der Waals surface area contributed by atoms with Crippen molar-refractivity contribution < 1.29 is 17.6 Å². The summed E-state index contributed by atoms with van der Waals surface area (Å²) >= 11 is 0. The molecule has 6 nitrogen and oxygen atoms in total. The van der Waals surface area contributed by atoms with E-state index in [2.05, 4.69) is 5.32 Å². The van der Waals surface area contributed by atoms with Crippen molar-refractivity contribution in [2.75, 3.05) is 13.1 Å². The van der Waals surface area contributed by atoms with E-state index in [1.54, 1.807) is 18.4 Å². The third-order valence-electron chi connectivity index (χ3n) is 4.14. The molecule has 2 aromatic rings. The van der Waals surface area contributed by atoms with Crippen LogP contribution in [0.5, 0.6) is 0 Å². The fourth-order valence-electron chi connectivity index (χ4n) is 2.74. The van der Waals surface area contributed by atoms with Crippen LogP contribution in [-0.2, 0) is 10.0 Å². The molecule has 0 aliphatic carbocycles. The number of furan rings is 1. The first kappa shape index (κ1) is 16.7. The summed E-state index contributed by atoms with van der Waals surface area (Å²) in [6.07, 6.45) is 3.34. The van der Waals surface area contributed by atoms with Gasteiger partial charge in [-0.25, -0.2) is 8.42 Å². The number of carbonyl (C=O) groups is 1. The second kappa shape index (κ2) is 6.78. The average Bonchev–Trinajstić information content (AvgIpc) is 3.28. The van der Waals surface area contributed by atoms with Gasteiger partial charge in [0.1, 0.15) is 5.76 Å². The second-order valence-corrected chi connectivity index (χ2v) is 7.78. The first-order valence-electron chi connectivity index (χ1n) is 7.93. The molecule has 1 aromatic heterocycles. The van der Waals surface area contributed by atoms with E-state index in [1.807, 2.05) is 6.92 Å². The Morgan fingerprint density at radius 1 is 1.17 bits per heavy atom. The van der Waals surface area contributed by atoms with Gasteiger partial charge in [-0.1, -0.05) is 0 Å². The SMILES string of the molecule is C[C@H](NC(=O)c1ccc(S(=O)(=O)N2CCCC2)cc1)c1ccco1. The van der Waals surface area contributed by atoms with Crippen molar-refractivity contribution in [2.24, 2.45) is 0 Å². The minimum absolute atomic E-state index is 0.222. The summed E-state index contributed by atoms with van der Waals surface area (Å²) in [4.78, 5) is 12.5.